The second-order valence-electron chi connectivity index (χ2n) is 8.10. The molecule has 0 aromatic carbocycles. The van der Waals surface area contributed by atoms with Crippen LogP contribution in [-0.2, 0) is 11.8 Å². The minimum atomic E-state index is -3.90. The molecule has 3 aromatic heterocycles. The Morgan fingerprint density at radius 3 is 2.28 bits per heavy atom. The van der Waals surface area contributed by atoms with Crippen LogP contribution >= 0.6 is 0 Å². The van der Waals surface area contributed by atoms with Gasteiger partial charge < -0.3 is 4.74 Å². The van der Waals surface area contributed by atoms with Crippen LogP contribution in [0.2, 0.25) is 0 Å². The topological polar surface area (TPSA) is 78.6 Å². The zero-order chi connectivity index (χ0) is 23.1. The first kappa shape index (κ1) is 24.0. The third-order valence-electron chi connectivity index (χ3n) is 5.60. The van der Waals surface area contributed by atoms with E-state index in [0.29, 0.717) is 24.6 Å². The highest BCUT2D eigenvalue weighted by Gasteiger charge is 2.42. The largest absolute Gasteiger partial charge is 0.391 e. The Kier molecular flexibility index (Phi) is 8.11. The summed E-state index contributed by atoms with van der Waals surface area (Å²) in [6.45, 7) is 4.75. The first-order valence-electron chi connectivity index (χ1n) is 10.8. The van der Waals surface area contributed by atoms with Crippen LogP contribution in [0.5, 0.6) is 0 Å². The monoisotopic (exact) mass is 450 g/mol. The minimum Gasteiger partial charge on any atom is -0.373 e. The minimum absolute atomic E-state index is 0.299. The molecule has 1 saturated carbocycles. The third-order valence-corrected chi connectivity index (χ3v) is 5.60. The van der Waals surface area contributed by atoms with E-state index in [9.17, 15) is 13.2 Å². The number of alkyl halides is 3. The van der Waals surface area contributed by atoms with E-state index >= 15 is 0 Å². The fourth-order valence-corrected chi connectivity index (χ4v) is 3.33. The normalized spacial score (nSPS) is 18.8. The maximum absolute atomic E-state index is 11.5. The molecule has 1 saturated heterocycles. The van der Waals surface area contributed by atoms with Crippen LogP contribution in [0.4, 0.5) is 13.2 Å². The van der Waals surface area contributed by atoms with E-state index < -0.39 is 12.1 Å². The van der Waals surface area contributed by atoms with E-state index in [1.807, 2.05) is 38.0 Å². The van der Waals surface area contributed by atoms with Gasteiger partial charge in [-0.3, -0.25) is 4.68 Å². The quantitative estimate of drug-likeness (QED) is 0.516. The van der Waals surface area contributed by atoms with Gasteiger partial charge in [-0.1, -0.05) is 6.42 Å². The lowest BCUT2D eigenvalue weighted by Gasteiger charge is -2.27. The van der Waals surface area contributed by atoms with E-state index in [1.165, 1.54) is 24.7 Å². The van der Waals surface area contributed by atoms with Gasteiger partial charge in [0.2, 0.25) is 0 Å². The van der Waals surface area contributed by atoms with Crippen LogP contribution in [0, 0.1) is 19.8 Å². The van der Waals surface area contributed by atoms with Gasteiger partial charge in [-0.05, 0) is 46.0 Å². The molecule has 4 heterocycles. The Labute approximate surface area is 185 Å². The van der Waals surface area contributed by atoms with Gasteiger partial charge >= 0.3 is 6.18 Å². The molecule has 3 aromatic rings. The fourth-order valence-electron chi connectivity index (χ4n) is 3.33. The number of halogens is 3. The maximum Gasteiger partial charge on any atom is 0.391 e. The molecule has 2 aliphatic rings. The number of rotatable bonds is 1. The van der Waals surface area contributed by atoms with Gasteiger partial charge in [0.15, 0.2) is 5.65 Å². The van der Waals surface area contributed by atoms with E-state index in [2.05, 4.69) is 25.0 Å². The maximum atomic E-state index is 11.5. The Bertz CT molecular complexity index is 956. The number of hydrogen-bond donors (Lipinski definition) is 0. The smallest absolute Gasteiger partial charge is 0.373 e. The zero-order valence-corrected chi connectivity index (χ0v) is 18.6. The van der Waals surface area contributed by atoms with Crippen molar-refractivity contribution in [2.45, 2.75) is 64.7 Å². The first-order valence-corrected chi connectivity index (χ1v) is 10.8. The fraction of sp³-hybridized carbons (Fsp3) is 0.591. The third kappa shape index (κ3) is 6.69. The molecule has 0 amide bonds. The molecule has 1 unspecified atom stereocenters. The molecular formula is C22H29F3N6O. The Hall–Kier alpha value is -2.62. The lowest BCUT2D eigenvalue weighted by molar-refractivity contribution is -0.193. The van der Waals surface area contributed by atoms with Gasteiger partial charge in [-0.2, -0.15) is 18.3 Å². The molecule has 1 aliphatic heterocycles. The number of aromatic nitrogens is 6. The van der Waals surface area contributed by atoms with Crippen molar-refractivity contribution in [1.82, 2.24) is 29.7 Å². The van der Waals surface area contributed by atoms with Crippen molar-refractivity contribution in [2.75, 3.05) is 6.61 Å². The molecule has 5 rings (SSSR count). The average Bonchev–Trinajstić information content (AvgIpc) is 3.14. The van der Waals surface area contributed by atoms with Gasteiger partial charge in [0, 0.05) is 25.4 Å². The Balaban J connectivity index is 0.000000139. The van der Waals surface area contributed by atoms with Crippen LogP contribution in [0.15, 0.2) is 24.9 Å². The van der Waals surface area contributed by atoms with Crippen molar-refractivity contribution < 1.29 is 17.9 Å². The molecule has 10 heteroatoms. The summed E-state index contributed by atoms with van der Waals surface area (Å²) < 4.78 is 42.0. The number of nitrogens with zero attached hydrogens (tertiary/aromatic N) is 6. The number of hydrogen-bond acceptors (Lipinski definition) is 6. The van der Waals surface area contributed by atoms with Crippen molar-refractivity contribution in [3.05, 3.63) is 41.9 Å². The van der Waals surface area contributed by atoms with E-state index in [-0.39, 0.29) is 0 Å². The van der Waals surface area contributed by atoms with Crippen LogP contribution in [0.25, 0.3) is 11.2 Å². The molecule has 1 atom stereocenters. The molecule has 0 radical (unpaired) electrons. The van der Waals surface area contributed by atoms with Gasteiger partial charge in [-0.15, -0.1) is 0 Å². The predicted octanol–water partition coefficient (Wildman–Crippen LogP) is 5.05. The SMILES string of the molecule is Cc1nc2cncnc2nc1C.Cn1cc(C2CCCCO2)cn1.FC(F)(F)C1CCC1. The first-order chi connectivity index (χ1) is 15.2. The standard InChI is InChI=1S/C9H14N2O.C8H8N4.C5H7F3/c1-11-7-8(6-10-11)9-4-2-3-5-12-9;1-5-6(2)12-8-7(11-5)3-9-4-10-8;6-5(7,8)4-2-1-3-4/h6-7,9H,2-5H2,1H3;3-4H,1-2H3;4H,1-3H2. The highest BCUT2D eigenvalue weighted by molar-refractivity contribution is 5.67. The molecule has 174 valence electrons. The van der Waals surface area contributed by atoms with Crippen LogP contribution in [-0.4, -0.2) is 42.5 Å². The highest BCUT2D eigenvalue weighted by Crippen LogP contribution is 2.40. The highest BCUT2D eigenvalue weighted by atomic mass is 19.4. The van der Waals surface area contributed by atoms with Crippen molar-refractivity contribution in [1.29, 1.82) is 0 Å². The van der Waals surface area contributed by atoms with Crippen molar-refractivity contribution in [3.8, 4) is 0 Å². The van der Waals surface area contributed by atoms with Crippen LogP contribution in [0.1, 0.15) is 61.6 Å². The van der Waals surface area contributed by atoms with E-state index in [4.69, 9.17) is 4.74 Å². The summed E-state index contributed by atoms with van der Waals surface area (Å²) in [5.41, 5.74) is 4.48. The van der Waals surface area contributed by atoms with Crippen molar-refractivity contribution in [3.63, 3.8) is 0 Å². The summed E-state index contributed by atoms with van der Waals surface area (Å²) in [4.78, 5) is 16.4. The summed E-state index contributed by atoms with van der Waals surface area (Å²) in [6, 6.07) is 0. The molecule has 7 nitrogen and oxygen atoms in total. The summed E-state index contributed by atoms with van der Waals surface area (Å²) in [5.74, 6) is -0.970. The molecule has 0 spiro atoms. The average molecular weight is 451 g/mol. The Morgan fingerprint density at radius 1 is 1.00 bits per heavy atom. The molecule has 2 fully saturated rings. The molecule has 0 bridgehead atoms. The molecular weight excluding hydrogens is 421 g/mol. The lowest BCUT2D eigenvalue weighted by Crippen LogP contribution is -2.28. The summed E-state index contributed by atoms with van der Waals surface area (Å²) in [6.07, 6.45) is 8.56. The molecule has 32 heavy (non-hydrogen) atoms. The van der Waals surface area contributed by atoms with E-state index in [0.717, 1.165) is 36.4 Å². The molecule has 1 aliphatic carbocycles. The van der Waals surface area contributed by atoms with Gasteiger partial charge in [-0.25, -0.2) is 19.9 Å². The number of fused-ring (bicyclic) bond motifs is 1. The lowest BCUT2D eigenvalue weighted by atomic mass is 9.85. The number of aryl methyl sites for hydroxylation is 3. The van der Waals surface area contributed by atoms with Gasteiger partial charge in [0.1, 0.15) is 11.8 Å². The predicted molar refractivity (Wildman–Crippen MR) is 114 cm³/mol. The second kappa shape index (κ2) is 10.8. The zero-order valence-electron chi connectivity index (χ0n) is 18.6. The van der Waals surface area contributed by atoms with Crippen molar-refractivity contribution in [2.24, 2.45) is 13.0 Å². The van der Waals surface area contributed by atoms with Crippen LogP contribution < -0.4 is 0 Å². The summed E-state index contributed by atoms with van der Waals surface area (Å²) in [5, 5.41) is 4.13. The number of ether oxygens (including phenoxy) is 1. The van der Waals surface area contributed by atoms with Crippen molar-refractivity contribution >= 4 is 11.2 Å². The van der Waals surface area contributed by atoms with Crippen LogP contribution in [0.3, 0.4) is 0 Å². The summed E-state index contributed by atoms with van der Waals surface area (Å²) in [7, 11) is 1.94. The second-order valence-corrected chi connectivity index (χ2v) is 8.10. The Morgan fingerprint density at radius 2 is 1.75 bits per heavy atom. The van der Waals surface area contributed by atoms with E-state index in [1.54, 1.807) is 6.20 Å². The molecule has 0 N–H and O–H groups in total. The summed E-state index contributed by atoms with van der Waals surface area (Å²) >= 11 is 0. The van der Waals surface area contributed by atoms with Gasteiger partial charge in [0.25, 0.3) is 0 Å². The van der Waals surface area contributed by atoms with Gasteiger partial charge in [0.05, 0.1) is 35.8 Å².